The second-order valence-electron chi connectivity index (χ2n) is 6.97. The highest BCUT2D eigenvalue weighted by molar-refractivity contribution is 6.33. The quantitative estimate of drug-likeness (QED) is 0.652. The molecule has 0 saturated heterocycles. The SMILES string of the molecule is COc1cc2c(cc1OC)CN(C(=O)c1cc(-c3ccccc3Cl)nn1C)CC2. The lowest BCUT2D eigenvalue weighted by Gasteiger charge is -2.29. The molecule has 4 rings (SSSR count). The zero-order valence-electron chi connectivity index (χ0n) is 16.6. The molecule has 0 N–H and O–H groups in total. The number of benzene rings is 2. The molecule has 2 heterocycles. The number of fused-ring (bicyclic) bond motifs is 1. The van der Waals surface area contributed by atoms with Gasteiger partial charge in [-0.25, -0.2) is 0 Å². The molecule has 1 aliphatic rings. The van der Waals surface area contributed by atoms with E-state index in [0.717, 1.165) is 17.5 Å². The third-order valence-corrected chi connectivity index (χ3v) is 5.58. The Morgan fingerprint density at radius 3 is 2.45 bits per heavy atom. The van der Waals surface area contributed by atoms with Gasteiger partial charge in [-0.05, 0) is 41.8 Å². The van der Waals surface area contributed by atoms with Gasteiger partial charge in [0.2, 0.25) is 0 Å². The van der Waals surface area contributed by atoms with Crippen molar-refractivity contribution >= 4 is 17.5 Å². The Balaban J connectivity index is 1.61. The van der Waals surface area contributed by atoms with Gasteiger partial charge in [-0.1, -0.05) is 29.8 Å². The Morgan fingerprint density at radius 2 is 1.76 bits per heavy atom. The van der Waals surface area contributed by atoms with Gasteiger partial charge in [-0.3, -0.25) is 9.48 Å². The molecule has 6 nitrogen and oxygen atoms in total. The average Bonchev–Trinajstić information content (AvgIpc) is 3.13. The molecule has 150 valence electrons. The molecule has 1 aliphatic heterocycles. The van der Waals surface area contributed by atoms with Crippen LogP contribution in [0, 0.1) is 0 Å². The topological polar surface area (TPSA) is 56.6 Å². The Bertz CT molecular complexity index is 1080. The highest BCUT2D eigenvalue weighted by atomic mass is 35.5. The normalized spacial score (nSPS) is 13.2. The molecule has 1 aromatic heterocycles. The van der Waals surface area contributed by atoms with E-state index in [0.29, 0.717) is 41.0 Å². The summed E-state index contributed by atoms with van der Waals surface area (Å²) in [5.74, 6) is 1.32. The van der Waals surface area contributed by atoms with Crippen LogP contribution in [0.1, 0.15) is 21.6 Å². The Hall–Kier alpha value is -2.99. The van der Waals surface area contributed by atoms with E-state index in [4.69, 9.17) is 21.1 Å². The number of amides is 1. The number of rotatable bonds is 4. The molecule has 0 radical (unpaired) electrons. The fraction of sp³-hybridized carbons (Fsp3) is 0.273. The molecular weight excluding hydrogens is 390 g/mol. The van der Waals surface area contributed by atoms with Crippen LogP contribution < -0.4 is 9.47 Å². The molecule has 0 fully saturated rings. The second kappa shape index (κ2) is 7.79. The Labute approximate surface area is 174 Å². The summed E-state index contributed by atoms with van der Waals surface area (Å²) in [5.41, 5.74) is 4.27. The summed E-state index contributed by atoms with van der Waals surface area (Å²) in [6.07, 6.45) is 0.761. The van der Waals surface area contributed by atoms with Gasteiger partial charge < -0.3 is 14.4 Å². The fourth-order valence-corrected chi connectivity index (χ4v) is 3.92. The van der Waals surface area contributed by atoms with Gasteiger partial charge in [0.15, 0.2) is 11.5 Å². The first-order chi connectivity index (χ1) is 14.0. The van der Waals surface area contributed by atoms with Crippen LogP contribution in [-0.2, 0) is 20.0 Å². The number of carbonyl (C=O) groups excluding carboxylic acids is 1. The molecule has 1 amide bonds. The monoisotopic (exact) mass is 411 g/mol. The number of ether oxygens (including phenoxy) is 2. The Morgan fingerprint density at radius 1 is 1.07 bits per heavy atom. The molecular formula is C22H22ClN3O3. The molecule has 29 heavy (non-hydrogen) atoms. The maximum absolute atomic E-state index is 13.2. The summed E-state index contributed by atoms with van der Waals surface area (Å²) in [4.78, 5) is 15.0. The lowest BCUT2D eigenvalue weighted by atomic mass is 9.98. The number of nitrogens with zero attached hydrogens (tertiary/aromatic N) is 3. The van der Waals surface area contributed by atoms with Crippen LogP contribution in [0.15, 0.2) is 42.5 Å². The predicted octanol–water partition coefficient (Wildman–Crippen LogP) is 3.96. The van der Waals surface area contributed by atoms with Crippen LogP contribution in [-0.4, -0.2) is 41.4 Å². The van der Waals surface area contributed by atoms with E-state index in [1.54, 1.807) is 32.0 Å². The first kappa shape index (κ1) is 19.3. The lowest BCUT2D eigenvalue weighted by molar-refractivity contribution is 0.0723. The summed E-state index contributed by atoms with van der Waals surface area (Å²) in [6.45, 7) is 1.15. The minimum absolute atomic E-state index is 0.0567. The summed E-state index contributed by atoms with van der Waals surface area (Å²) in [5, 5.41) is 5.11. The zero-order chi connectivity index (χ0) is 20.5. The third-order valence-electron chi connectivity index (χ3n) is 5.25. The van der Waals surface area contributed by atoms with Crippen LogP contribution in [0.4, 0.5) is 0 Å². The summed E-state index contributed by atoms with van der Waals surface area (Å²) >= 11 is 6.29. The molecule has 7 heteroatoms. The third kappa shape index (κ3) is 3.56. The van der Waals surface area contributed by atoms with Crippen LogP contribution >= 0.6 is 11.6 Å². The smallest absolute Gasteiger partial charge is 0.272 e. The van der Waals surface area contributed by atoms with E-state index in [9.17, 15) is 4.79 Å². The molecule has 0 saturated carbocycles. The van der Waals surface area contributed by atoms with E-state index in [2.05, 4.69) is 5.10 Å². The van der Waals surface area contributed by atoms with Gasteiger partial charge in [0.25, 0.3) is 5.91 Å². The Kier molecular flexibility index (Phi) is 5.20. The summed E-state index contributed by atoms with van der Waals surface area (Å²) in [6, 6.07) is 13.2. The average molecular weight is 412 g/mol. The molecule has 0 unspecified atom stereocenters. The highest BCUT2D eigenvalue weighted by Gasteiger charge is 2.26. The van der Waals surface area contributed by atoms with Crippen LogP contribution in [0.3, 0.4) is 0 Å². The fourth-order valence-electron chi connectivity index (χ4n) is 3.69. The molecule has 3 aromatic rings. The first-order valence-electron chi connectivity index (χ1n) is 9.33. The van der Waals surface area contributed by atoms with Gasteiger partial charge in [0, 0.05) is 25.7 Å². The largest absolute Gasteiger partial charge is 0.493 e. The molecule has 0 spiro atoms. The summed E-state index contributed by atoms with van der Waals surface area (Å²) < 4.78 is 12.4. The van der Waals surface area contributed by atoms with Gasteiger partial charge in [-0.15, -0.1) is 0 Å². The van der Waals surface area contributed by atoms with Crippen molar-refractivity contribution < 1.29 is 14.3 Å². The molecule has 0 bridgehead atoms. The van der Waals surface area contributed by atoms with Crippen molar-refractivity contribution in [2.45, 2.75) is 13.0 Å². The lowest BCUT2D eigenvalue weighted by Crippen LogP contribution is -2.36. The van der Waals surface area contributed by atoms with E-state index < -0.39 is 0 Å². The minimum Gasteiger partial charge on any atom is -0.493 e. The van der Waals surface area contributed by atoms with Gasteiger partial charge >= 0.3 is 0 Å². The van der Waals surface area contributed by atoms with Gasteiger partial charge in [-0.2, -0.15) is 5.10 Å². The summed E-state index contributed by atoms with van der Waals surface area (Å²) in [7, 11) is 5.02. The van der Waals surface area contributed by atoms with E-state index in [-0.39, 0.29) is 5.91 Å². The molecule has 0 aliphatic carbocycles. The van der Waals surface area contributed by atoms with Gasteiger partial charge in [0.1, 0.15) is 5.69 Å². The van der Waals surface area contributed by atoms with Crippen molar-refractivity contribution in [1.29, 1.82) is 0 Å². The second-order valence-corrected chi connectivity index (χ2v) is 7.38. The van der Waals surface area contributed by atoms with Crippen LogP contribution in [0.25, 0.3) is 11.3 Å². The number of aromatic nitrogens is 2. The maximum atomic E-state index is 13.2. The highest BCUT2D eigenvalue weighted by Crippen LogP contribution is 2.34. The number of aryl methyl sites for hydroxylation is 1. The van der Waals surface area contributed by atoms with Crippen molar-refractivity contribution in [3.63, 3.8) is 0 Å². The van der Waals surface area contributed by atoms with Crippen LogP contribution in [0.2, 0.25) is 5.02 Å². The standard InChI is InChI=1S/C22H22ClN3O3/c1-25-19(12-18(24-25)16-6-4-5-7-17(16)23)22(27)26-9-8-14-10-20(28-2)21(29-3)11-15(14)13-26/h4-7,10-12H,8-9,13H2,1-3H3. The maximum Gasteiger partial charge on any atom is 0.272 e. The van der Waals surface area contributed by atoms with E-state index >= 15 is 0 Å². The molecule has 0 atom stereocenters. The number of carbonyl (C=O) groups is 1. The van der Waals surface area contributed by atoms with Crippen LogP contribution in [0.5, 0.6) is 11.5 Å². The minimum atomic E-state index is -0.0567. The van der Waals surface area contributed by atoms with E-state index in [1.165, 1.54) is 5.56 Å². The van der Waals surface area contributed by atoms with Crippen molar-refractivity contribution in [3.8, 4) is 22.8 Å². The van der Waals surface area contributed by atoms with Crippen molar-refractivity contribution in [2.24, 2.45) is 7.05 Å². The van der Waals surface area contributed by atoms with Crippen molar-refractivity contribution in [1.82, 2.24) is 14.7 Å². The van der Waals surface area contributed by atoms with Crippen molar-refractivity contribution in [3.05, 3.63) is 64.3 Å². The van der Waals surface area contributed by atoms with E-state index in [1.807, 2.05) is 41.3 Å². The van der Waals surface area contributed by atoms with Gasteiger partial charge in [0.05, 0.1) is 24.9 Å². The first-order valence-corrected chi connectivity index (χ1v) is 9.71. The van der Waals surface area contributed by atoms with Crippen molar-refractivity contribution in [2.75, 3.05) is 20.8 Å². The number of methoxy groups -OCH3 is 2. The number of hydrogen-bond donors (Lipinski definition) is 0. The number of halogens is 1. The number of hydrogen-bond acceptors (Lipinski definition) is 4. The predicted molar refractivity (Wildman–Crippen MR) is 112 cm³/mol. The zero-order valence-corrected chi connectivity index (χ0v) is 17.4. The molecule has 2 aromatic carbocycles.